The predicted octanol–water partition coefficient (Wildman–Crippen LogP) is 3.40. The Morgan fingerprint density at radius 2 is 1.88 bits per heavy atom. The minimum absolute atomic E-state index is 0.237. The van der Waals surface area contributed by atoms with E-state index in [9.17, 15) is 4.39 Å². The number of hydrogen-bond donors (Lipinski definition) is 2. The van der Waals surface area contributed by atoms with Crippen LogP contribution in [0.25, 0.3) is 0 Å². The number of hydrogen-bond acceptors (Lipinski definition) is 3. The molecule has 0 spiro atoms. The van der Waals surface area contributed by atoms with E-state index in [1.165, 1.54) is 12.1 Å². The van der Waals surface area contributed by atoms with Crippen molar-refractivity contribution in [2.24, 2.45) is 0 Å². The highest BCUT2D eigenvalue weighted by Gasteiger charge is 1.97. The fourth-order valence-electron chi connectivity index (χ4n) is 1.49. The summed E-state index contributed by atoms with van der Waals surface area (Å²) in [7, 11) is 0. The van der Waals surface area contributed by atoms with Crippen molar-refractivity contribution in [2.75, 3.05) is 17.2 Å². The van der Waals surface area contributed by atoms with Gasteiger partial charge in [0.2, 0.25) is 0 Å². The van der Waals surface area contributed by atoms with Gasteiger partial charge in [-0.25, -0.2) is 9.37 Å². The molecule has 3 nitrogen and oxygen atoms in total. The highest BCUT2D eigenvalue weighted by atomic mass is 19.1. The van der Waals surface area contributed by atoms with E-state index in [4.69, 9.17) is 0 Å². The second-order valence-corrected chi connectivity index (χ2v) is 3.59. The van der Waals surface area contributed by atoms with E-state index in [2.05, 4.69) is 15.6 Å². The molecule has 17 heavy (non-hydrogen) atoms. The third-order valence-corrected chi connectivity index (χ3v) is 2.25. The quantitative estimate of drug-likeness (QED) is 0.846. The predicted molar refractivity (Wildman–Crippen MR) is 68.1 cm³/mol. The summed E-state index contributed by atoms with van der Waals surface area (Å²) in [5.41, 5.74) is 1.77. The van der Waals surface area contributed by atoms with Crippen LogP contribution in [0.5, 0.6) is 0 Å². The van der Waals surface area contributed by atoms with E-state index in [-0.39, 0.29) is 5.82 Å². The largest absolute Gasteiger partial charge is 0.370 e. The fraction of sp³-hybridized carbons (Fsp3) is 0.154. The third-order valence-electron chi connectivity index (χ3n) is 2.25. The SMILES string of the molecule is CCNc1cc(Nc2ccc(F)cc2)ccn1. The van der Waals surface area contributed by atoms with Crippen LogP contribution in [0.4, 0.5) is 21.6 Å². The standard InChI is InChI=1S/C13H14FN3/c1-2-15-13-9-12(7-8-16-13)17-11-5-3-10(14)4-6-11/h3-9H,2H2,1H3,(H2,15,16,17). The summed E-state index contributed by atoms with van der Waals surface area (Å²) in [6, 6.07) is 10.0. The van der Waals surface area contributed by atoms with Crippen molar-refractivity contribution >= 4 is 17.2 Å². The third kappa shape index (κ3) is 3.17. The highest BCUT2D eigenvalue weighted by molar-refractivity contribution is 5.62. The Bertz CT molecular complexity index is 482. The van der Waals surface area contributed by atoms with E-state index in [0.717, 1.165) is 23.7 Å². The van der Waals surface area contributed by atoms with Gasteiger partial charge in [0.15, 0.2) is 0 Å². The van der Waals surface area contributed by atoms with Crippen molar-refractivity contribution in [3.8, 4) is 0 Å². The lowest BCUT2D eigenvalue weighted by atomic mass is 10.3. The number of benzene rings is 1. The van der Waals surface area contributed by atoms with E-state index in [1.807, 2.05) is 19.1 Å². The molecule has 0 fully saturated rings. The summed E-state index contributed by atoms with van der Waals surface area (Å²) < 4.78 is 12.7. The lowest BCUT2D eigenvalue weighted by molar-refractivity contribution is 0.628. The molecular weight excluding hydrogens is 217 g/mol. The van der Waals surface area contributed by atoms with Crippen LogP contribution in [0.2, 0.25) is 0 Å². The van der Waals surface area contributed by atoms with Crippen LogP contribution in [0.15, 0.2) is 42.6 Å². The molecule has 4 heteroatoms. The Labute approximate surface area is 99.7 Å². The molecule has 1 aromatic heterocycles. The summed E-state index contributed by atoms with van der Waals surface area (Å²) in [4.78, 5) is 4.17. The molecule has 0 atom stereocenters. The molecule has 0 radical (unpaired) electrons. The Hall–Kier alpha value is -2.10. The van der Waals surface area contributed by atoms with Crippen molar-refractivity contribution in [1.29, 1.82) is 0 Å². The van der Waals surface area contributed by atoms with E-state index in [0.29, 0.717) is 0 Å². The lowest BCUT2D eigenvalue weighted by Gasteiger charge is -2.08. The molecule has 1 aromatic carbocycles. The van der Waals surface area contributed by atoms with Gasteiger partial charge in [0.25, 0.3) is 0 Å². The summed E-state index contributed by atoms with van der Waals surface area (Å²) in [5.74, 6) is 0.582. The highest BCUT2D eigenvalue weighted by Crippen LogP contribution is 2.18. The van der Waals surface area contributed by atoms with Crippen LogP contribution < -0.4 is 10.6 Å². The van der Waals surface area contributed by atoms with Crippen molar-refractivity contribution < 1.29 is 4.39 Å². The van der Waals surface area contributed by atoms with Gasteiger partial charge in [-0.05, 0) is 37.3 Å². The molecule has 0 aliphatic heterocycles. The average molecular weight is 231 g/mol. The van der Waals surface area contributed by atoms with Gasteiger partial charge >= 0.3 is 0 Å². The molecular formula is C13H14FN3. The molecule has 0 saturated heterocycles. The summed E-state index contributed by atoms with van der Waals surface area (Å²) in [6.45, 7) is 2.84. The van der Waals surface area contributed by atoms with Crippen molar-refractivity contribution in [3.05, 3.63) is 48.4 Å². The zero-order valence-corrected chi connectivity index (χ0v) is 9.57. The molecule has 88 valence electrons. The van der Waals surface area contributed by atoms with Crippen LogP contribution >= 0.6 is 0 Å². The maximum Gasteiger partial charge on any atom is 0.127 e. The summed E-state index contributed by atoms with van der Waals surface area (Å²) in [6.07, 6.45) is 1.73. The summed E-state index contributed by atoms with van der Waals surface area (Å²) in [5, 5.41) is 6.31. The summed E-state index contributed by atoms with van der Waals surface area (Å²) >= 11 is 0. The number of rotatable bonds is 4. The monoisotopic (exact) mass is 231 g/mol. The Morgan fingerprint density at radius 3 is 2.59 bits per heavy atom. The van der Waals surface area contributed by atoms with Crippen LogP contribution in [-0.2, 0) is 0 Å². The minimum Gasteiger partial charge on any atom is -0.370 e. The van der Waals surface area contributed by atoms with Gasteiger partial charge in [-0.2, -0.15) is 0 Å². The molecule has 0 aliphatic rings. The van der Waals surface area contributed by atoms with E-state index >= 15 is 0 Å². The molecule has 0 amide bonds. The number of nitrogens with zero attached hydrogens (tertiary/aromatic N) is 1. The van der Waals surface area contributed by atoms with Gasteiger partial charge in [-0.1, -0.05) is 0 Å². The van der Waals surface area contributed by atoms with Crippen molar-refractivity contribution in [1.82, 2.24) is 4.98 Å². The minimum atomic E-state index is -0.237. The number of halogens is 1. The smallest absolute Gasteiger partial charge is 0.127 e. The number of pyridine rings is 1. The van der Waals surface area contributed by atoms with Gasteiger partial charge in [0, 0.05) is 30.2 Å². The normalized spacial score (nSPS) is 10.0. The molecule has 1 heterocycles. The maximum atomic E-state index is 12.7. The number of nitrogens with one attached hydrogen (secondary N) is 2. The first-order chi connectivity index (χ1) is 8.28. The van der Waals surface area contributed by atoms with Crippen LogP contribution in [-0.4, -0.2) is 11.5 Å². The second kappa shape index (κ2) is 5.30. The first-order valence-electron chi connectivity index (χ1n) is 5.50. The van der Waals surface area contributed by atoms with Crippen molar-refractivity contribution in [2.45, 2.75) is 6.92 Å². The lowest BCUT2D eigenvalue weighted by Crippen LogP contribution is -1.99. The van der Waals surface area contributed by atoms with Gasteiger partial charge < -0.3 is 10.6 Å². The van der Waals surface area contributed by atoms with Gasteiger partial charge in [0.1, 0.15) is 11.6 Å². The van der Waals surface area contributed by atoms with Crippen molar-refractivity contribution in [3.63, 3.8) is 0 Å². The molecule has 0 bridgehead atoms. The Kier molecular flexibility index (Phi) is 3.55. The second-order valence-electron chi connectivity index (χ2n) is 3.59. The van der Waals surface area contributed by atoms with E-state index in [1.54, 1.807) is 18.3 Å². The van der Waals surface area contributed by atoms with E-state index < -0.39 is 0 Å². The van der Waals surface area contributed by atoms with Gasteiger partial charge in [-0.15, -0.1) is 0 Å². The Balaban J connectivity index is 2.12. The van der Waals surface area contributed by atoms with Crippen LogP contribution in [0, 0.1) is 5.82 Å². The van der Waals surface area contributed by atoms with Crippen LogP contribution in [0.3, 0.4) is 0 Å². The molecule has 0 unspecified atom stereocenters. The van der Waals surface area contributed by atoms with Gasteiger partial charge in [0.05, 0.1) is 0 Å². The molecule has 2 N–H and O–H groups in total. The number of anilines is 3. The molecule has 0 saturated carbocycles. The zero-order valence-electron chi connectivity index (χ0n) is 9.57. The Morgan fingerprint density at radius 1 is 1.12 bits per heavy atom. The fourth-order valence-corrected chi connectivity index (χ4v) is 1.49. The molecule has 2 aromatic rings. The number of aromatic nitrogens is 1. The topological polar surface area (TPSA) is 37.0 Å². The van der Waals surface area contributed by atoms with Gasteiger partial charge in [-0.3, -0.25) is 0 Å². The first-order valence-corrected chi connectivity index (χ1v) is 5.50. The molecule has 0 aliphatic carbocycles. The zero-order chi connectivity index (χ0) is 12.1. The maximum absolute atomic E-state index is 12.7. The first kappa shape index (κ1) is 11.4. The van der Waals surface area contributed by atoms with Crippen LogP contribution in [0.1, 0.15) is 6.92 Å². The molecule has 2 rings (SSSR count). The average Bonchev–Trinajstić information content (AvgIpc) is 2.33.